The molecule has 2 aliphatic rings. The Balaban J connectivity index is 1.28. The molecule has 0 saturated carbocycles. The molecule has 0 bridgehead atoms. The first-order chi connectivity index (χ1) is 28.4. The summed E-state index contributed by atoms with van der Waals surface area (Å²) in [5.74, 6) is -1.01. The Bertz CT molecular complexity index is 2650. The van der Waals surface area contributed by atoms with Crippen molar-refractivity contribution in [1.29, 1.82) is 0 Å². The van der Waals surface area contributed by atoms with E-state index < -0.39 is 37.6 Å². The number of ether oxygens (including phenoxy) is 2. The summed E-state index contributed by atoms with van der Waals surface area (Å²) in [5.41, 5.74) is 1.47. The van der Waals surface area contributed by atoms with Crippen LogP contribution in [0.15, 0.2) is 200 Å². The molecule has 11 rings (SSSR count). The maximum atomic E-state index is 7.97. The number of hydrogen-bond acceptors (Lipinski definition) is 4. The molecule has 0 spiro atoms. The average molecular weight is 773 g/mol. The highest BCUT2D eigenvalue weighted by atomic mass is 31.2. The molecule has 2 saturated heterocycles. The van der Waals surface area contributed by atoms with Crippen molar-refractivity contribution in [3.8, 4) is 0 Å². The zero-order chi connectivity index (χ0) is 38.9. The smallest absolute Gasteiger partial charge is 0.207 e. The first-order valence-corrected chi connectivity index (χ1v) is 21.1. The summed E-state index contributed by atoms with van der Waals surface area (Å²) in [5, 5.41) is 10.0. The van der Waals surface area contributed by atoms with Gasteiger partial charge in [-0.2, -0.15) is 0 Å². The fraction of sp³-hybridized carbons (Fsp3) is 0.132. The summed E-state index contributed by atoms with van der Waals surface area (Å²) in [6.07, 6.45) is -1.39. The third-order valence-electron chi connectivity index (χ3n) is 12.0. The molecule has 0 unspecified atom stereocenters. The van der Waals surface area contributed by atoms with Gasteiger partial charge in [-0.15, -0.1) is 0 Å². The van der Waals surface area contributed by atoms with Gasteiger partial charge in [0, 0.05) is 5.30 Å². The molecule has 4 nitrogen and oxygen atoms in total. The minimum Gasteiger partial charge on any atom is -0.341 e. The van der Waals surface area contributed by atoms with Crippen molar-refractivity contribution in [2.24, 2.45) is 0 Å². The molecule has 2 fully saturated rings. The standard InChI is InChI=1S/C53H41O4P/c1-51(2)54-49-50(55-51)53(46-30-26-38-16-8-12-20-42(38)34-46,47-31-27-39-17-9-13-21-43(39)35-47)57-58(48-22-4-3-5-23-48)56-52(49,44-28-24-36-14-6-10-18-40(36)32-44)45-29-25-37-15-7-11-19-41(37)33-45/h3-35,49-50H,1-2H3/t49-,50-/m1/s1. The second-order valence-corrected chi connectivity index (χ2v) is 17.4. The van der Waals surface area contributed by atoms with Gasteiger partial charge < -0.3 is 18.5 Å². The van der Waals surface area contributed by atoms with Crippen LogP contribution < -0.4 is 5.30 Å². The minimum atomic E-state index is -1.85. The molecule has 9 aromatic rings. The summed E-state index contributed by atoms with van der Waals surface area (Å²) < 4.78 is 30.8. The average Bonchev–Trinajstić information content (AvgIpc) is 3.55. The van der Waals surface area contributed by atoms with Gasteiger partial charge in [0.1, 0.15) is 12.2 Å². The van der Waals surface area contributed by atoms with Gasteiger partial charge in [0.25, 0.3) is 0 Å². The van der Waals surface area contributed by atoms with Gasteiger partial charge in [-0.3, -0.25) is 0 Å². The lowest BCUT2D eigenvalue weighted by molar-refractivity contribution is -0.173. The highest BCUT2D eigenvalue weighted by Gasteiger charge is 2.67. The minimum absolute atomic E-state index is 0.695. The van der Waals surface area contributed by atoms with Gasteiger partial charge in [0.15, 0.2) is 17.0 Å². The predicted octanol–water partition coefficient (Wildman–Crippen LogP) is 12.7. The van der Waals surface area contributed by atoms with Crippen LogP contribution in [0.5, 0.6) is 0 Å². The van der Waals surface area contributed by atoms with Gasteiger partial charge in [0.2, 0.25) is 8.38 Å². The van der Waals surface area contributed by atoms with Crippen molar-refractivity contribution < 1.29 is 18.5 Å². The molecule has 0 radical (unpaired) electrons. The highest BCUT2D eigenvalue weighted by molar-refractivity contribution is 7.56. The summed E-state index contributed by atoms with van der Waals surface area (Å²) in [7, 11) is -1.85. The van der Waals surface area contributed by atoms with E-state index in [1.807, 2.05) is 19.9 Å². The van der Waals surface area contributed by atoms with Gasteiger partial charge in [0.05, 0.1) is 0 Å². The van der Waals surface area contributed by atoms with Crippen LogP contribution in [-0.4, -0.2) is 18.0 Å². The highest BCUT2D eigenvalue weighted by Crippen LogP contribution is 2.64. The van der Waals surface area contributed by atoms with Crippen molar-refractivity contribution in [2.75, 3.05) is 0 Å². The van der Waals surface area contributed by atoms with E-state index >= 15 is 0 Å². The second kappa shape index (κ2) is 13.7. The van der Waals surface area contributed by atoms with Crippen molar-refractivity contribution in [3.63, 3.8) is 0 Å². The van der Waals surface area contributed by atoms with Crippen LogP contribution in [0.25, 0.3) is 43.1 Å². The molecule has 282 valence electrons. The van der Waals surface area contributed by atoms with E-state index in [4.69, 9.17) is 18.5 Å². The molecule has 2 aliphatic heterocycles. The van der Waals surface area contributed by atoms with E-state index in [9.17, 15) is 0 Å². The Morgan fingerprint density at radius 2 is 0.638 bits per heavy atom. The Morgan fingerprint density at radius 1 is 0.345 bits per heavy atom. The summed E-state index contributed by atoms with van der Waals surface area (Å²) in [4.78, 5) is 0. The lowest BCUT2D eigenvalue weighted by atomic mass is 9.71. The SMILES string of the molecule is CC1(C)O[C@@H]2[C@@H](O1)C(c1ccc3ccccc3c1)(c1ccc3ccccc3c1)OP(c1ccccc1)OC2(c1ccc2ccccc2c1)c1ccc2ccccc2c1. The van der Waals surface area contributed by atoms with E-state index in [1.165, 1.54) is 0 Å². The van der Waals surface area contributed by atoms with E-state index in [2.05, 4.69) is 194 Å². The van der Waals surface area contributed by atoms with Gasteiger partial charge in [-0.05, 0) is 116 Å². The van der Waals surface area contributed by atoms with Gasteiger partial charge >= 0.3 is 0 Å². The Hall–Kier alpha value is -5.71. The van der Waals surface area contributed by atoms with E-state index in [1.54, 1.807) is 0 Å². The Morgan fingerprint density at radius 3 is 0.966 bits per heavy atom. The second-order valence-electron chi connectivity index (χ2n) is 16.0. The fourth-order valence-corrected chi connectivity index (χ4v) is 11.1. The number of hydrogen-bond donors (Lipinski definition) is 0. The van der Waals surface area contributed by atoms with E-state index in [-0.39, 0.29) is 0 Å². The molecule has 0 amide bonds. The normalized spacial score (nSPS) is 20.0. The monoisotopic (exact) mass is 772 g/mol. The van der Waals surface area contributed by atoms with Crippen LogP contribution in [0.4, 0.5) is 0 Å². The van der Waals surface area contributed by atoms with Crippen molar-refractivity contribution >= 4 is 56.8 Å². The van der Waals surface area contributed by atoms with Gasteiger partial charge in [-0.25, -0.2) is 0 Å². The van der Waals surface area contributed by atoms with Crippen LogP contribution in [0.1, 0.15) is 36.1 Å². The summed E-state index contributed by atoms with van der Waals surface area (Å²) in [6, 6.07) is 71.1. The zero-order valence-electron chi connectivity index (χ0n) is 32.3. The van der Waals surface area contributed by atoms with Crippen molar-refractivity contribution in [2.45, 2.75) is 43.0 Å². The molecule has 2 heterocycles. The van der Waals surface area contributed by atoms with Crippen LogP contribution in [0.2, 0.25) is 0 Å². The molecular formula is C53H41O4P. The first-order valence-electron chi connectivity index (χ1n) is 20.0. The maximum Gasteiger partial charge on any atom is 0.207 e. The van der Waals surface area contributed by atoms with Crippen LogP contribution in [0.3, 0.4) is 0 Å². The lowest BCUT2D eigenvalue weighted by Gasteiger charge is -2.42. The molecule has 58 heavy (non-hydrogen) atoms. The molecule has 9 aromatic carbocycles. The third kappa shape index (κ3) is 5.71. The molecule has 0 aromatic heterocycles. The summed E-state index contributed by atoms with van der Waals surface area (Å²) >= 11 is 0. The summed E-state index contributed by atoms with van der Waals surface area (Å²) in [6.45, 7) is 4.03. The quantitative estimate of drug-likeness (QED) is 0.163. The van der Waals surface area contributed by atoms with Crippen molar-refractivity contribution in [3.05, 3.63) is 222 Å². The molecule has 5 heteroatoms. The van der Waals surface area contributed by atoms with Crippen LogP contribution in [0, 0.1) is 0 Å². The predicted molar refractivity (Wildman–Crippen MR) is 236 cm³/mol. The van der Waals surface area contributed by atoms with Crippen LogP contribution >= 0.6 is 8.38 Å². The van der Waals surface area contributed by atoms with Crippen molar-refractivity contribution in [1.82, 2.24) is 0 Å². The third-order valence-corrected chi connectivity index (χ3v) is 13.7. The van der Waals surface area contributed by atoms with Gasteiger partial charge in [-0.1, -0.05) is 164 Å². The first kappa shape index (κ1) is 35.5. The van der Waals surface area contributed by atoms with E-state index in [0.29, 0.717) is 0 Å². The molecule has 2 atom stereocenters. The maximum absolute atomic E-state index is 7.97. The Labute approximate surface area is 339 Å². The molecular weight excluding hydrogens is 732 g/mol. The number of rotatable bonds is 5. The zero-order valence-corrected chi connectivity index (χ0v) is 33.2. The Kier molecular flexibility index (Phi) is 8.38. The molecule has 0 aliphatic carbocycles. The molecule has 0 N–H and O–H groups in total. The van der Waals surface area contributed by atoms with Crippen LogP contribution in [-0.2, 0) is 29.7 Å². The fourth-order valence-electron chi connectivity index (χ4n) is 9.28. The number of fused-ring (bicyclic) bond motifs is 5. The lowest BCUT2D eigenvalue weighted by Crippen LogP contribution is -2.53. The topological polar surface area (TPSA) is 36.9 Å². The largest absolute Gasteiger partial charge is 0.341 e. The van der Waals surface area contributed by atoms with E-state index in [0.717, 1.165) is 70.6 Å². The number of benzene rings is 9.